The Hall–Kier alpha value is -0.960. The molecule has 2 rings (SSSR count). The molecular formula is C11H13ClF2N2O3S. The predicted molar refractivity (Wildman–Crippen MR) is 69.4 cm³/mol. The SMILES string of the molecule is NC1CC(NS(=O)(=O)c2ccc(OC(F)F)c(Cl)c2)C1. The highest BCUT2D eigenvalue weighted by Crippen LogP contribution is 2.29. The van der Waals surface area contributed by atoms with Crippen LogP contribution in [0, 0.1) is 0 Å². The van der Waals surface area contributed by atoms with Crippen LogP contribution >= 0.6 is 11.6 Å². The Bertz CT molecular complexity index is 591. The van der Waals surface area contributed by atoms with E-state index in [1.807, 2.05) is 0 Å². The summed E-state index contributed by atoms with van der Waals surface area (Å²) >= 11 is 5.72. The normalized spacial score (nSPS) is 22.6. The molecule has 0 spiro atoms. The molecule has 0 amide bonds. The summed E-state index contributed by atoms with van der Waals surface area (Å²) in [4.78, 5) is -0.107. The van der Waals surface area contributed by atoms with Gasteiger partial charge >= 0.3 is 6.61 Å². The zero-order valence-corrected chi connectivity index (χ0v) is 11.8. The monoisotopic (exact) mass is 326 g/mol. The maximum absolute atomic E-state index is 12.1. The lowest BCUT2D eigenvalue weighted by Gasteiger charge is -2.32. The summed E-state index contributed by atoms with van der Waals surface area (Å²) in [6.07, 6.45) is 1.14. The molecule has 0 aliphatic heterocycles. The van der Waals surface area contributed by atoms with Crippen LogP contribution in [0.1, 0.15) is 12.8 Å². The number of rotatable bonds is 5. The quantitative estimate of drug-likeness (QED) is 0.863. The standard InChI is InChI=1S/C11H13ClF2N2O3S/c12-9-5-8(1-2-10(9)19-11(13)14)20(17,18)16-7-3-6(15)4-7/h1-2,5-7,11,16H,3-4,15H2. The molecule has 0 atom stereocenters. The van der Waals surface area contributed by atoms with Crippen LogP contribution in [0.4, 0.5) is 8.78 Å². The molecule has 1 aromatic rings. The lowest BCUT2D eigenvalue weighted by atomic mass is 9.89. The van der Waals surface area contributed by atoms with E-state index >= 15 is 0 Å². The van der Waals surface area contributed by atoms with Crippen LogP contribution in [0.2, 0.25) is 5.02 Å². The van der Waals surface area contributed by atoms with Crippen LogP contribution in [-0.4, -0.2) is 27.1 Å². The van der Waals surface area contributed by atoms with Crippen molar-refractivity contribution >= 4 is 21.6 Å². The van der Waals surface area contributed by atoms with E-state index in [-0.39, 0.29) is 27.8 Å². The van der Waals surface area contributed by atoms with E-state index < -0.39 is 16.6 Å². The predicted octanol–water partition coefficient (Wildman–Crippen LogP) is 1.71. The van der Waals surface area contributed by atoms with Crippen molar-refractivity contribution in [2.75, 3.05) is 0 Å². The summed E-state index contributed by atoms with van der Waals surface area (Å²) in [5.41, 5.74) is 5.57. The first kappa shape index (κ1) is 15.4. The molecule has 20 heavy (non-hydrogen) atoms. The van der Waals surface area contributed by atoms with Gasteiger partial charge in [-0.2, -0.15) is 8.78 Å². The van der Waals surface area contributed by atoms with Gasteiger partial charge in [-0.05, 0) is 31.0 Å². The Morgan fingerprint density at radius 2 is 2.05 bits per heavy atom. The van der Waals surface area contributed by atoms with Crippen molar-refractivity contribution in [1.29, 1.82) is 0 Å². The van der Waals surface area contributed by atoms with Crippen LogP contribution in [0.3, 0.4) is 0 Å². The van der Waals surface area contributed by atoms with Gasteiger partial charge in [0.25, 0.3) is 0 Å². The molecule has 1 saturated carbocycles. The van der Waals surface area contributed by atoms with Gasteiger partial charge < -0.3 is 10.5 Å². The minimum Gasteiger partial charge on any atom is -0.433 e. The molecule has 1 fully saturated rings. The van der Waals surface area contributed by atoms with Gasteiger partial charge in [0, 0.05) is 12.1 Å². The summed E-state index contributed by atoms with van der Waals surface area (Å²) in [6.45, 7) is -3.02. The minimum atomic E-state index is -3.74. The van der Waals surface area contributed by atoms with E-state index in [2.05, 4.69) is 9.46 Å². The van der Waals surface area contributed by atoms with Crippen molar-refractivity contribution in [3.8, 4) is 5.75 Å². The maximum Gasteiger partial charge on any atom is 0.387 e. The number of sulfonamides is 1. The topological polar surface area (TPSA) is 81.4 Å². The molecule has 1 aliphatic rings. The first-order valence-electron chi connectivity index (χ1n) is 5.80. The number of hydrogen-bond acceptors (Lipinski definition) is 4. The first-order chi connectivity index (χ1) is 9.28. The summed E-state index contributed by atoms with van der Waals surface area (Å²) in [7, 11) is -3.74. The van der Waals surface area contributed by atoms with E-state index in [0.29, 0.717) is 12.8 Å². The molecule has 1 aromatic carbocycles. The smallest absolute Gasteiger partial charge is 0.387 e. The van der Waals surface area contributed by atoms with Crippen molar-refractivity contribution in [3.63, 3.8) is 0 Å². The molecule has 9 heteroatoms. The summed E-state index contributed by atoms with van der Waals surface area (Å²) < 4.78 is 54.8. The second-order valence-corrected chi connectivity index (χ2v) is 6.64. The van der Waals surface area contributed by atoms with Crippen LogP contribution in [0.5, 0.6) is 5.75 Å². The molecule has 1 aliphatic carbocycles. The van der Waals surface area contributed by atoms with E-state index in [9.17, 15) is 17.2 Å². The number of hydrogen-bond donors (Lipinski definition) is 2. The Balaban J connectivity index is 2.13. The van der Waals surface area contributed by atoms with E-state index in [1.165, 1.54) is 0 Å². The minimum absolute atomic E-state index is 0.00751. The van der Waals surface area contributed by atoms with Gasteiger partial charge in [0.1, 0.15) is 5.75 Å². The highest BCUT2D eigenvalue weighted by molar-refractivity contribution is 7.89. The molecule has 0 bridgehead atoms. The summed E-state index contributed by atoms with van der Waals surface area (Å²) in [5.74, 6) is -0.272. The largest absolute Gasteiger partial charge is 0.433 e. The van der Waals surface area contributed by atoms with Crippen molar-refractivity contribution in [2.24, 2.45) is 5.73 Å². The van der Waals surface area contributed by atoms with Crippen molar-refractivity contribution in [1.82, 2.24) is 4.72 Å². The number of halogens is 3. The molecule has 0 aromatic heterocycles. The Labute approximate surface area is 120 Å². The molecular weight excluding hydrogens is 314 g/mol. The van der Waals surface area contributed by atoms with Gasteiger partial charge in [0.05, 0.1) is 9.92 Å². The number of nitrogens with two attached hydrogens (primary N) is 1. The molecule has 3 N–H and O–H groups in total. The fraction of sp³-hybridized carbons (Fsp3) is 0.455. The first-order valence-corrected chi connectivity index (χ1v) is 7.66. The van der Waals surface area contributed by atoms with Crippen molar-refractivity contribution in [3.05, 3.63) is 23.2 Å². The Morgan fingerprint density at radius 1 is 1.40 bits per heavy atom. The fourth-order valence-electron chi connectivity index (χ4n) is 1.89. The van der Waals surface area contributed by atoms with Gasteiger partial charge in [0.2, 0.25) is 10.0 Å². The van der Waals surface area contributed by atoms with Crippen LogP contribution in [0.15, 0.2) is 23.1 Å². The molecule has 0 saturated heterocycles. The van der Waals surface area contributed by atoms with Gasteiger partial charge in [0.15, 0.2) is 0 Å². The van der Waals surface area contributed by atoms with Crippen molar-refractivity contribution < 1.29 is 21.9 Å². The lowest BCUT2D eigenvalue weighted by molar-refractivity contribution is -0.0498. The number of ether oxygens (including phenoxy) is 1. The maximum atomic E-state index is 12.1. The Kier molecular flexibility index (Phi) is 4.48. The van der Waals surface area contributed by atoms with Gasteiger partial charge in [-0.15, -0.1) is 0 Å². The molecule has 5 nitrogen and oxygen atoms in total. The number of benzene rings is 1. The van der Waals surface area contributed by atoms with Crippen LogP contribution in [-0.2, 0) is 10.0 Å². The van der Waals surface area contributed by atoms with Gasteiger partial charge in [-0.25, -0.2) is 13.1 Å². The fourth-order valence-corrected chi connectivity index (χ4v) is 3.46. The lowest BCUT2D eigenvalue weighted by Crippen LogP contribution is -2.50. The third-order valence-electron chi connectivity index (χ3n) is 2.93. The summed E-state index contributed by atoms with van der Waals surface area (Å²) in [5, 5.41) is -0.196. The zero-order chi connectivity index (χ0) is 14.9. The highest BCUT2D eigenvalue weighted by Gasteiger charge is 2.30. The highest BCUT2D eigenvalue weighted by atomic mass is 35.5. The van der Waals surface area contributed by atoms with Gasteiger partial charge in [-0.3, -0.25) is 0 Å². The van der Waals surface area contributed by atoms with Crippen LogP contribution in [0.25, 0.3) is 0 Å². The molecule has 0 radical (unpaired) electrons. The van der Waals surface area contributed by atoms with E-state index in [0.717, 1.165) is 18.2 Å². The second-order valence-electron chi connectivity index (χ2n) is 4.52. The van der Waals surface area contributed by atoms with Gasteiger partial charge in [-0.1, -0.05) is 11.6 Å². The van der Waals surface area contributed by atoms with Crippen molar-refractivity contribution in [2.45, 2.75) is 36.4 Å². The molecule has 112 valence electrons. The Morgan fingerprint density at radius 3 is 2.55 bits per heavy atom. The molecule has 0 heterocycles. The third-order valence-corrected chi connectivity index (χ3v) is 4.74. The molecule has 0 unspecified atom stereocenters. The zero-order valence-electron chi connectivity index (χ0n) is 10.2. The summed E-state index contributed by atoms with van der Waals surface area (Å²) in [6, 6.07) is 3.12. The van der Waals surface area contributed by atoms with E-state index in [4.69, 9.17) is 17.3 Å². The third kappa shape index (κ3) is 3.57. The number of alkyl halides is 2. The van der Waals surface area contributed by atoms with Crippen LogP contribution < -0.4 is 15.2 Å². The average molecular weight is 327 g/mol. The second kappa shape index (κ2) is 5.80. The van der Waals surface area contributed by atoms with E-state index in [1.54, 1.807) is 0 Å². The number of nitrogens with one attached hydrogen (secondary N) is 1. The average Bonchev–Trinajstić information content (AvgIpc) is 2.29.